The van der Waals surface area contributed by atoms with Crippen LogP contribution < -0.4 is 19.8 Å². The van der Waals surface area contributed by atoms with Crippen molar-refractivity contribution in [2.45, 2.75) is 32.9 Å². The van der Waals surface area contributed by atoms with E-state index in [0.29, 0.717) is 38.8 Å². The molecular weight excluding hydrogens is 510 g/mol. The molecule has 1 amide bonds. The monoisotopic (exact) mass is 533 g/mol. The molecule has 9 heteroatoms. The Morgan fingerprint density at radius 2 is 1.89 bits per heavy atom. The molecule has 5 rings (SSSR count). The number of anilines is 1. The van der Waals surface area contributed by atoms with Gasteiger partial charge in [0.1, 0.15) is 4.53 Å². The highest BCUT2D eigenvalue weighted by atomic mass is 35.5. The predicted molar refractivity (Wildman–Crippen MR) is 144 cm³/mol. The number of allylic oxidation sites excluding steroid dienone is 1. The Morgan fingerprint density at radius 3 is 2.57 bits per heavy atom. The van der Waals surface area contributed by atoms with E-state index in [4.69, 9.17) is 16.3 Å². The number of hydrogen-bond donors (Lipinski definition) is 0. The summed E-state index contributed by atoms with van der Waals surface area (Å²) in [6.07, 6.45) is 1.30. The third-order valence-corrected chi connectivity index (χ3v) is 7.51. The molecule has 1 atom stereocenters. The minimum absolute atomic E-state index is 0.270. The molecule has 0 saturated heterocycles. The molecule has 2 aliphatic heterocycles. The maximum absolute atomic E-state index is 14.1. The normalized spacial score (nSPS) is 18.0. The van der Waals surface area contributed by atoms with Crippen molar-refractivity contribution in [3.05, 3.63) is 108 Å². The zero-order chi connectivity index (χ0) is 26.4. The van der Waals surface area contributed by atoms with E-state index >= 15 is 0 Å². The molecule has 0 aliphatic carbocycles. The minimum Gasteiger partial charge on any atom is -0.459 e. The van der Waals surface area contributed by atoms with E-state index in [1.165, 1.54) is 4.57 Å². The van der Waals surface area contributed by atoms with Crippen LogP contribution in [0.4, 0.5) is 5.69 Å². The van der Waals surface area contributed by atoms with E-state index in [2.05, 4.69) is 11.6 Å². The van der Waals surface area contributed by atoms with Crippen molar-refractivity contribution < 1.29 is 14.3 Å². The van der Waals surface area contributed by atoms with Gasteiger partial charge in [0, 0.05) is 17.1 Å². The summed E-state index contributed by atoms with van der Waals surface area (Å²) in [5.74, 6) is -0.821. The van der Waals surface area contributed by atoms with Gasteiger partial charge in [0.2, 0.25) is 0 Å². The first kappa shape index (κ1) is 24.9. The van der Waals surface area contributed by atoms with Gasteiger partial charge in [-0.25, -0.2) is 9.79 Å². The van der Waals surface area contributed by atoms with Crippen LogP contribution >= 0.6 is 22.9 Å². The van der Waals surface area contributed by atoms with Crippen LogP contribution in [-0.4, -0.2) is 29.1 Å². The van der Waals surface area contributed by atoms with Gasteiger partial charge in [0.25, 0.3) is 11.5 Å². The Balaban J connectivity index is 1.80. The minimum atomic E-state index is -0.787. The number of rotatable bonds is 5. The quantitative estimate of drug-likeness (QED) is 0.369. The topological polar surface area (TPSA) is 81.0 Å². The van der Waals surface area contributed by atoms with Gasteiger partial charge in [-0.2, -0.15) is 0 Å². The number of amides is 1. The fraction of sp³-hybridized carbons (Fsp3) is 0.214. The number of carbonyl (C=O) groups is 2. The van der Waals surface area contributed by atoms with Crippen molar-refractivity contribution in [1.29, 1.82) is 0 Å². The van der Waals surface area contributed by atoms with Gasteiger partial charge in [-0.1, -0.05) is 59.3 Å². The number of aromatic nitrogens is 1. The molecule has 0 fully saturated rings. The van der Waals surface area contributed by atoms with Crippen molar-refractivity contribution in [3.8, 4) is 0 Å². The maximum atomic E-state index is 14.1. The first-order valence-corrected chi connectivity index (χ1v) is 13.0. The lowest BCUT2D eigenvalue weighted by Gasteiger charge is -2.25. The lowest BCUT2D eigenvalue weighted by Crippen LogP contribution is -2.41. The summed E-state index contributed by atoms with van der Waals surface area (Å²) < 4.78 is 7.28. The molecule has 0 saturated carbocycles. The van der Waals surface area contributed by atoms with Crippen molar-refractivity contribution >= 4 is 46.1 Å². The Kier molecular flexibility index (Phi) is 6.47. The summed E-state index contributed by atoms with van der Waals surface area (Å²) in [4.78, 5) is 47.5. The third kappa shape index (κ3) is 4.16. The smallest absolute Gasteiger partial charge is 0.338 e. The van der Waals surface area contributed by atoms with E-state index in [0.717, 1.165) is 17.0 Å². The summed E-state index contributed by atoms with van der Waals surface area (Å²) in [7, 11) is 0. The van der Waals surface area contributed by atoms with E-state index < -0.39 is 17.6 Å². The average molecular weight is 534 g/mol. The SMILES string of the molecule is C=CCN1C(=O)/C(=c2\sc3n(c2=O)[C@H](c2ccc(Cl)cc2)C(C(=O)OC(C)C)=C(C)N=3)c2ccccc21. The zero-order valence-corrected chi connectivity index (χ0v) is 22.1. The predicted octanol–water partition coefficient (Wildman–Crippen LogP) is 3.74. The van der Waals surface area contributed by atoms with Crippen LogP contribution in [-0.2, 0) is 14.3 Å². The summed E-state index contributed by atoms with van der Waals surface area (Å²) in [6, 6.07) is 13.5. The van der Waals surface area contributed by atoms with Crippen LogP contribution in [0.25, 0.3) is 5.57 Å². The molecule has 37 heavy (non-hydrogen) atoms. The van der Waals surface area contributed by atoms with Crippen LogP contribution in [0.15, 0.2) is 82.2 Å². The van der Waals surface area contributed by atoms with E-state index in [-0.39, 0.29) is 22.1 Å². The molecule has 2 aliphatic rings. The molecule has 0 radical (unpaired) electrons. The molecule has 0 spiro atoms. The fourth-order valence-corrected chi connectivity index (χ4v) is 5.94. The van der Waals surface area contributed by atoms with E-state index in [9.17, 15) is 14.4 Å². The molecule has 1 aromatic heterocycles. The average Bonchev–Trinajstić information content (AvgIpc) is 3.31. The number of fused-ring (bicyclic) bond motifs is 2. The van der Waals surface area contributed by atoms with Crippen molar-refractivity contribution in [2.24, 2.45) is 4.99 Å². The highest BCUT2D eigenvalue weighted by molar-refractivity contribution is 7.07. The molecule has 0 bridgehead atoms. The highest BCUT2D eigenvalue weighted by Gasteiger charge is 2.37. The molecule has 3 aromatic rings. The zero-order valence-electron chi connectivity index (χ0n) is 20.5. The van der Waals surface area contributed by atoms with Crippen LogP contribution in [0.2, 0.25) is 5.02 Å². The van der Waals surface area contributed by atoms with Gasteiger partial charge in [0.05, 0.1) is 34.7 Å². The highest BCUT2D eigenvalue weighted by Crippen LogP contribution is 2.35. The lowest BCUT2D eigenvalue weighted by atomic mass is 9.96. The molecule has 0 N–H and O–H groups in total. The molecule has 3 heterocycles. The Labute approximate surface area is 222 Å². The summed E-state index contributed by atoms with van der Waals surface area (Å²) in [5.41, 5.74) is 2.73. The van der Waals surface area contributed by atoms with Gasteiger partial charge in [-0.3, -0.25) is 14.2 Å². The second kappa shape index (κ2) is 9.61. The first-order chi connectivity index (χ1) is 17.7. The van der Waals surface area contributed by atoms with Gasteiger partial charge in [-0.05, 0) is 44.5 Å². The summed E-state index contributed by atoms with van der Waals surface area (Å²) >= 11 is 7.27. The van der Waals surface area contributed by atoms with Crippen LogP contribution in [0.3, 0.4) is 0 Å². The summed E-state index contributed by atoms with van der Waals surface area (Å²) in [5, 5.41) is 0.529. The van der Waals surface area contributed by atoms with Gasteiger partial charge in [0.15, 0.2) is 4.80 Å². The molecule has 7 nitrogen and oxygen atoms in total. The maximum Gasteiger partial charge on any atom is 0.338 e. The third-order valence-electron chi connectivity index (χ3n) is 6.21. The lowest BCUT2D eigenvalue weighted by molar-refractivity contribution is -0.143. The number of benzene rings is 2. The van der Waals surface area contributed by atoms with Crippen LogP contribution in [0.5, 0.6) is 0 Å². The number of hydrogen-bond acceptors (Lipinski definition) is 6. The van der Waals surface area contributed by atoms with Gasteiger partial charge >= 0.3 is 5.97 Å². The van der Waals surface area contributed by atoms with Crippen molar-refractivity contribution in [2.75, 3.05) is 11.4 Å². The van der Waals surface area contributed by atoms with Crippen molar-refractivity contribution in [3.63, 3.8) is 0 Å². The number of carbonyl (C=O) groups excluding carboxylic acids is 2. The summed E-state index contributed by atoms with van der Waals surface area (Å²) in [6.45, 7) is 9.33. The number of thiazole rings is 1. The van der Waals surface area contributed by atoms with Gasteiger partial charge < -0.3 is 9.64 Å². The number of para-hydroxylation sites is 1. The fourth-order valence-electron chi connectivity index (χ4n) is 4.68. The molecule has 2 aromatic carbocycles. The number of esters is 1. The molecular formula is C28H24ClN3O4S. The Hall–Kier alpha value is -3.75. The molecule has 0 unspecified atom stereocenters. The number of nitrogens with zero attached hydrogens (tertiary/aromatic N) is 3. The Morgan fingerprint density at radius 1 is 1.19 bits per heavy atom. The van der Waals surface area contributed by atoms with Crippen LogP contribution in [0.1, 0.15) is 37.9 Å². The first-order valence-electron chi connectivity index (χ1n) is 11.8. The number of ether oxygens (including phenoxy) is 1. The van der Waals surface area contributed by atoms with E-state index in [1.54, 1.807) is 56.0 Å². The van der Waals surface area contributed by atoms with Crippen molar-refractivity contribution in [1.82, 2.24) is 4.57 Å². The van der Waals surface area contributed by atoms with Gasteiger partial charge in [-0.15, -0.1) is 6.58 Å². The number of halogens is 1. The van der Waals surface area contributed by atoms with E-state index in [1.807, 2.05) is 24.3 Å². The largest absolute Gasteiger partial charge is 0.459 e. The standard InChI is InChI=1S/C28H24ClN3O4S/c1-5-14-31-20-9-7-6-8-19(20)22(25(31)33)24-26(34)32-23(17-10-12-18(29)13-11-17)21(27(35)36-15(2)3)16(4)30-28(32)37-24/h5-13,15,23H,1,14H2,2-4H3/b24-22-/t23-/m1/s1. The second-order valence-corrected chi connectivity index (χ2v) is 10.4. The Bertz CT molecular complexity index is 1660. The van der Waals surface area contributed by atoms with Crippen LogP contribution in [0, 0.1) is 0 Å². The molecule has 188 valence electrons. The second-order valence-electron chi connectivity index (χ2n) is 9.00.